The first-order valence-electron chi connectivity index (χ1n) is 9.01. The molecule has 2 aromatic carbocycles. The molecule has 2 aromatic rings. The third-order valence-electron chi connectivity index (χ3n) is 5.09. The van der Waals surface area contributed by atoms with Crippen LogP contribution in [0, 0.1) is 0 Å². The number of benzene rings is 2. The fourth-order valence-electron chi connectivity index (χ4n) is 3.40. The first-order chi connectivity index (χ1) is 13.0. The number of fused-ring (bicyclic) bond motifs is 2. The van der Waals surface area contributed by atoms with Gasteiger partial charge >= 0.3 is 6.09 Å². The van der Waals surface area contributed by atoms with Gasteiger partial charge in [-0.05, 0) is 38.2 Å². The van der Waals surface area contributed by atoms with Crippen LogP contribution >= 0.6 is 0 Å². The maximum atomic E-state index is 13.1. The van der Waals surface area contributed by atoms with Crippen molar-refractivity contribution >= 4 is 29.1 Å². The number of carbonyl (C=O) groups is 2. The molecule has 2 aliphatic heterocycles. The van der Waals surface area contributed by atoms with E-state index in [0.29, 0.717) is 41.8 Å². The second-order valence-corrected chi connectivity index (χ2v) is 6.90. The van der Waals surface area contributed by atoms with Crippen molar-refractivity contribution in [3.8, 4) is 0 Å². The fraction of sp³-hybridized carbons (Fsp3) is 0.300. The summed E-state index contributed by atoms with van der Waals surface area (Å²) >= 11 is 0. The highest BCUT2D eigenvalue weighted by Crippen LogP contribution is 2.38. The lowest BCUT2D eigenvalue weighted by molar-refractivity contribution is -0.129. The van der Waals surface area contributed by atoms with Gasteiger partial charge in [-0.25, -0.2) is 9.69 Å². The van der Waals surface area contributed by atoms with Crippen molar-refractivity contribution in [3.63, 3.8) is 0 Å². The molecule has 4 rings (SSSR count). The highest BCUT2D eigenvalue weighted by atomic mass is 16.7. The molecule has 140 valence electrons. The van der Waals surface area contributed by atoms with Gasteiger partial charge in [0.2, 0.25) is 0 Å². The fourth-order valence-corrected chi connectivity index (χ4v) is 3.40. The number of hydrogen-bond acceptors (Lipinski definition) is 5. The Morgan fingerprint density at radius 3 is 2.56 bits per heavy atom. The molecular formula is C20H22N4O3. The van der Waals surface area contributed by atoms with Crippen LogP contribution in [0.5, 0.6) is 0 Å². The summed E-state index contributed by atoms with van der Waals surface area (Å²) in [6.45, 7) is 4.19. The molecular weight excluding hydrogens is 344 g/mol. The normalized spacial score (nSPS) is 20.3. The zero-order valence-electron chi connectivity index (χ0n) is 15.4. The van der Waals surface area contributed by atoms with Crippen LogP contribution < -0.4 is 10.2 Å². The molecule has 1 N–H and O–H groups in total. The van der Waals surface area contributed by atoms with Gasteiger partial charge in [0, 0.05) is 19.1 Å². The summed E-state index contributed by atoms with van der Waals surface area (Å²) in [6.07, 6.45) is -0.525. The van der Waals surface area contributed by atoms with E-state index in [2.05, 4.69) is 24.2 Å². The van der Waals surface area contributed by atoms with E-state index in [0.717, 1.165) is 6.54 Å². The number of likely N-dealkylation sites (N-methyl/N-ethyl adjacent to an activating group) is 1. The van der Waals surface area contributed by atoms with Crippen molar-refractivity contribution in [2.75, 3.05) is 36.9 Å². The van der Waals surface area contributed by atoms with E-state index in [1.165, 1.54) is 4.90 Å². The lowest BCUT2D eigenvalue weighted by atomic mass is 10.1. The van der Waals surface area contributed by atoms with E-state index < -0.39 is 6.09 Å². The van der Waals surface area contributed by atoms with Crippen molar-refractivity contribution in [2.24, 2.45) is 0 Å². The molecule has 0 aliphatic carbocycles. The van der Waals surface area contributed by atoms with Gasteiger partial charge in [-0.1, -0.05) is 24.3 Å². The lowest BCUT2D eigenvalue weighted by Crippen LogP contribution is -2.51. The molecule has 0 radical (unpaired) electrons. The van der Waals surface area contributed by atoms with E-state index >= 15 is 0 Å². The number of rotatable bonds is 1. The molecule has 0 aromatic heterocycles. The molecule has 1 unspecified atom stereocenters. The molecule has 0 saturated carbocycles. The molecule has 1 saturated heterocycles. The van der Waals surface area contributed by atoms with Gasteiger partial charge in [0.05, 0.1) is 29.2 Å². The monoisotopic (exact) mass is 366 g/mol. The van der Waals surface area contributed by atoms with Crippen LogP contribution in [-0.4, -0.2) is 54.7 Å². The smallest absolute Gasteiger partial charge is 0.350 e. The van der Waals surface area contributed by atoms with Crippen molar-refractivity contribution in [3.05, 3.63) is 54.1 Å². The Bertz CT molecular complexity index is 885. The van der Waals surface area contributed by atoms with E-state index in [-0.39, 0.29) is 5.91 Å². The summed E-state index contributed by atoms with van der Waals surface area (Å²) in [5.74, 6) is -0.249. The zero-order valence-corrected chi connectivity index (χ0v) is 15.4. The number of hydrogen-bond donors (Lipinski definition) is 1. The van der Waals surface area contributed by atoms with Gasteiger partial charge in [-0.15, -0.1) is 5.06 Å². The third kappa shape index (κ3) is 3.27. The minimum Gasteiger partial charge on any atom is -0.350 e. The summed E-state index contributed by atoms with van der Waals surface area (Å²) in [5.41, 5.74) is 2.09. The van der Waals surface area contributed by atoms with Crippen molar-refractivity contribution in [1.82, 2.24) is 9.96 Å². The Balaban J connectivity index is 1.70. The van der Waals surface area contributed by atoms with Gasteiger partial charge in [-0.3, -0.25) is 4.79 Å². The summed E-state index contributed by atoms with van der Waals surface area (Å²) < 4.78 is 0. The summed E-state index contributed by atoms with van der Waals surface area (Å²) in [6, 6.07) is 14.6. The van der Waals surface area contributed by atoms with Gasteiger partial charge in [0.25, 0.3) is 5.91 Å². The molecule has 0 bridgehead atoms. The van der Waals surface area contributed by atoms with E-state index in [1.54, 1.807) is 41.5 Å². The molecule has 2 heterocycles. The lowest BCUT2D eigenvalue weighted by Gasteiger charge is -2.37. The van der Waals surface area contributed by atoms with E-state index in [9.17, 15) is 9.59 Å². The number of nitrogens with zero attached hydrogens (tertiary/aromatic N) is 3. The standard InChI is InChI=1S/C20H22N4O3/c1-14-13-23(12-11-22(14)2)27-20(26)24-17-9-5-3-7-15(17)19(25)21-16-8-4-6-10-18(16)24/h3-10,14H,11-13H2,1-2H3,(H,21,25). The predicted molar refractivity (Wildman–Crippen MR) is 103 cm³/mol. The van der Waals surface area contributed by atoms with Crippen LogP contribution in [0.15, 0.2) is 48.5 Å². The first-order valence-corrected chi connectivity index (χ1v) is 9.01. The van der Waals surface area contributed by atoms with Crippen molar-refractivity contribution in [1.29, 1.82) is 0 Å². The summed E-state index contributed by atoms with van der Waals surface area (Å²) in [5, 5.41) is 4.56. The number of para-hydroxylation sites is 3. The zero-order chi connectivity index (χ0) is 19.0. The van der Waals surface area contributed by atoms with Crippen LogP contribution in [-0.2, 0) is 4.84 Å². The Hall–Kier alpha value is -2.90. The average molecular weight is 366 g/mol. The minimum atomic E-state index is -0.525. The molecule has 7 nitrogen and oxygen atoms in total. The van der Waals surface area contributed by atoms with Crippen LogP contribution in [0.4, 0.5) is 21.9 Å². The third-order valence-corrected chi connectivity index (χ3v) is 5.09. The minimum absolute atomic E-state index is 0.249. The van der Waals surface area contributed by atoms with E-state index in [4.69, 9.17) is 4.84 Å². The van der Waals surface area contributed by atoms with Crippen molar-refractivity contribution < 1.29 is 14.4 Å². The molecule has 0 spiro atoms. The van der Waals surface area contributed by atoms with Crippen molar-refractivity contribution in [2.45, 2.75) is 13.0 Å². The topological polar surface area (TPSA) is 65.1 Å². The molecule has 1 fully saturated rings. The molecule has 1 atom stereocenters. The number of amides is 2. The number of piperazine rings is 1. The second-order valence-electron chi connectivity index (χ2n) is 6.90. The highest BCUT2D eigenvalue weighted by Gasteiger charge is 2.32. The average Bonchev–Trinajstić information content (AvgIpc) is 2.79. The molecule has 2 amide bonds. The maximum Gasteiger partial charge on any atom is 0.438 e. The Morgan fingerprint density at radius 1 is 1.07 bits per heavy atom. The molecule has 27 heavy (non-hydrogen) atoms. The van der Waals surface area contributed by atoms with Gasteiger partial charge in [0.15, 0.2) is 0 Å². The highest BCUT2D eigenvalue weighted by molar-refractivity contribution is 6.16. The van der Waals surface area contributed by atoms with Crippen LogP contribution in [0.3, 0.4) is 0 Å². The number of hydroxylamine groups is 2. The summed E-state index contributed by atoms with van der Waals surface area (Å²) in [7, 11) is 2.06. The largest absolute Gasteiger partial charge is 0.438 e. The first kappa shape index (κ1) is 17.5. The van der Waals surface area contributed by atoms with E-state index in [1.807, 2.05) is 12.1 Å². The Morgan fingerprint density at radius 2 is 1.78 bits per heavy atom. The van der Waals surface area contributed by atoms with Crippen LogP contribution in [0.2, 0.25) is 0 Å². The van der Waals surface area contributed by atoms with Gasteiger partial charge < -0.3 is 15.1 Å². The van der Waals surface area contributed by atoms with Crippen LogP contribution in [0.1, 0.15) is 17.3 Å². The quantitative estimate of drug-likeness (QED) is 0.840. The molecule has 2 aliphatic rings. The van der Waals surface area contributed by atoms with Gasteiger partial charge in [0.1, 0.15) is 0 Å². The SMILES string of the molecule is CC1CN(OC(=O)N2c3ccccc3NC(=O)c3ccccc32)CCN1C. The Labute approximate surface area is 158 Å². The predicted octanol–water partition coefficient (Wildman–Crippen LogP) is 3.08. The number of nitrogens with one attached hydrogen (secondary N) is 1. The Kier molecular flexibility index (Phi) is 4.55. The second kappa shape index (κ2) is 7.02. The molecule has 7 heteroatoms. The number of anilines is 3. The maximum absolute atomic E-state index is 13.1. The van der Waals surface area contributed by atoms with Crippen LogP contribution in [0.25, 0.3) is 0 Å². The van der Waals surface area contributed by atoms with Gasteiger partial charge in [-0.2, -0.15) is 0 Å². The summed E-state index contributed by atoms with van der Waals surface area (Å²) in [4.78, 5) is 35.1. The number of carbonyl (C=O) groups excluding carboxylic acids is 2.